The molecular formula is C5H8N2S. The molecule has 1 aromatic heterocycles. The van der Waals surface area contributed by atoms with Gasteiger partial charge in [-0.15, -0.1) is 11.3 Å². The summed E-state index contributed by atoms with van der Waals surface area (Å²) in [5, 5.41) is 1.61. The zero-order chi connectivity index (χ0) is 6.15. The van der Waals surface area contributed by atoms with E-state index in [1.165, 1.54) is 11.3 Å². The van der Waals surface area contributed by atoms with Crippen LogP contribution in [-0.4, -0.2) is 0 Å². The van der Waals surface area contributed by atoms with E-state index in [0.717, 1.165) is 15.6 Å². The van der Waals surface area contributed by atoms with Gasteiger partial charge in [-0.3, -0.25) is 0 Å². The Hall–Kier alpha value is -0.700. The van der Waals surface area contributed by atoms with Crippen molar-refractivity contribution in [3.8, 4) is 0 Å². The molecule has 0 spiro atoms. The van der Waals surface area contributed by atoms with Crippen molar-refractivity contribution in [1.29, 1.82) is 0 Å². The number of thiophene rings is 1. The van der Waals surface area contributed by atoms with E-state index in [4.69, 9.17) is 11.5 Å². The fourth-order valence-corrected chi connectivity index (χ4v) is 1.23. The highest BCUT2D eigenvalue weighted by Gasteiger charge is 1.95. The van der Waals surface area contributed by atoms with Crippen molar-refractivity contribution in [3.05, 3.63) is 11.6 Å². The molecule has 0 saturated carbocycles. The van der Waals surface area contributed by atoms with Crippen molar-refractivity contribution in [2.45, 2.75) is 6.92 Å². The fourth-order valence-electron chi connectivity index (χ4n) is 0.521. The van der Waals surface area contributed by atoms with Gasteiger partial charge in [0.15, 0.2) is 0 Å². The zero-order valence-corrected chi connectivity index (χ0v) is 5.46. The van der Waals surface area contributed by atoms with Crippen LogP contribution >= 0.6 is 11.3 Å². The van der Waals surface area contributed by atoms with Crippen LogP contribution in [0.2, 0.25) is 0 Å². The van der Waals surface area contributed by atoms with Crippen LogP contribution in [0.15, 0.2) is 6.07 Å². The number of rotatable bonds is 0. The summed E-state index contributed by atoms with van der Waals surface area (Å²) in [4.78, 5) is 0. The fraction of sp³-hybridized carbons (Fsp3) is 0.200. The molecule has 0 unspecified atom stereocenters. The Labute approximate surface area is 52.1 Å². The lowest BCUT2D eigenvalue weighted by Crippen LogP contribution is -1.78. The van der Waals surface area contributed by atoms with E-state index in [-0.39, 0.29) is 0 Å². The molecule has 0 aliphatic carbocycles. The van der Waals surface area contributed by atoms with Crippen LogP contribution in [-0.2, 0) is 0 Å². The molecule has 0 radical (unpaired) electrons. The van der Waals surface area contributed by atoms with Crippen LogP contribution in [0.1, 0.15) is 5.56 Å². The Bertz CT molecular complexity index is 173. The number of aryl methyl sites for hydroxylation is 1. The number of hydrogen-bond donors (Lipinski definition) is 2. The maximum atomic E-state index is 5.48. The third-order valence-corrected chi connectivity index (χ3v) is 1.87. The Morgan fingerprint density at radius 2 is 2.12 bits per heavy atom. The van der Waals surface area contributed by atoms with Gasteiger partial charge in [0.1, 0.15) is 0 Å². The first kappa shape index (κ1) is 5.44. The lowest BCUT2D eigenvalue weighted by Gasteiger charge is -1.80. The van der Waals surface area contributed by atoms with Crippen LogP contribution in [0.5, 0.6) is 0 Å². The van der Waals surface area contributed by atoms with Crippen molar-refractivity contribution < 1.29 is 0 Å². The zero-order valence-electron chi connectivity index (χ0n) is 4.64. The summed E-state index contributed by atoms with van der Waals surface area (Å²) in [5.74, 6) is 0. The second-order valence-corrected chi connectivity index (χ2v) is 2.81. The van der Waals surface area contributed by atoms with Crippen LogP contribution in [0, 0.1) is 6.92 Å². The summed E-state index contributed by atoms with van der Waals surface area (Å²) in [6.45, 7) is 1.95. The summed E-state index contributed by atoms with van der Waals surface area (Å²) >= 11 is 1.42. The minimum Gasteiger partial charge on any atom is -0.391 e. The molecule has 1 aromatic rings. The number of hydrogen-bond acceptors (Lipinski definition) is 3. The van der Waals surface area contributed by atoms with Crippen LogP contribution in [0.3, 0.4) is 0 Å². The lowest BCUT2D eigenvalue weighted by atomic mass is 10.4. The summed E-state index contributed by atoms with van der Waals surface area (Å²) in [6, 6.07) is 1.88. The SMILES string of the molecule is Cc1cc(N)sc1N. The summed E-state index contributed by atoms with van der Waals surface area (Å²) in [7, 11) is 0. The van der Waals surface area contributed by atoms with Crippen molar-refractivity contribution in [2.24, 2.45) is 0 Å². The van der Waals surface area contributed by atoms with Crippen LogP contribution in [0.25, 0.3) is 0 Å². The molecule has 44 valence electrons. The highest BCUT2D eigenvalue weighted by molar-refractivity contribution is 7.19. The Morgan fingerprint density at radius 3 is 2.25 bits per heavy atom. The average molecular weight is 128 g/mol. The predicted molar refractivity (Wildman–Crippen MR) is 37.9 cm³/mol. The first-order valence-electron chi connectivity index (χ1n) is 2.31. The lowest BCUT2D eigenvalue weighted by molar-refractivity contribution is 1.55. The molecule has 0 saturated heterocycles. The van der Waals surface area contributed by atoms with Crippen LogP contribution < -0.4 is 11.5 Å². The van der Waals surface area contributed by atoms with E-state index in [0.29, 0.717) is 0 Å². The Balaban J connectivity index is 3.14. The molecule has 0 aliphatic heterocycles. The van der Waals surface area contributed by atoms with Crippen molar-refractivity contribution >= 4 is 21.3 Å². The first-order valence-corrected chi connectivity index (χ1v) is 3.13. The molecule has 1 rings (SSSR count). The smallest absolute Gasteiger partial charge is 0.0907 e. The molecule has 8 heavy (non-hydrogen) atoms. The molecule has 2 nitrogen and oxygen atoms in total. The Morgan fingerprint density at radius 1 is 1.50 bits per heavy atom. The van der Waals surface area contributed by atoms with E-state index in [9.17, 15) is 0 Å². The molecule has 4 N–H and O–H groups in total. The highest BCUT2D eigenvalue weighted by Crippen LogP contribution is 2.25. The number of nitrogens with two attached hydrogens (primary N) is 2. The van der Waals surface area contributed by atoms with Gasteiger partial charge in [-0.25, -0.2) is 0 Å². The highest BCUT2D eigenvalue weighted by atomic mass is 32.1. The van der Waals surface area contributed by atoms with Crippen molar-refractivity contribution in [1.82, 2.24) is 0 Å². The molecule has 0 bridgehead atoms. The van der Waals surface area contributed by atoms with E-state index >= 15 is 0 Å². The summed E-state index contributed by atoms with van der Waals surface area (Å²) < 4.78 is 0. The second-order valence-electron chi connectivity index (χ2n) is 1.70. The van der Waals surface area contributed by atoms with Gasteiger partial charge < -0.3 is 11.5 Å². The minimum absolute atomic E-state index is 0.792. The topological polar surface area (TPSA) is 52.0 Å². The maximum absolute atomic E-state index is 5.48. The van der Waals surface area contributed by atoms with Gasteiger partial charge in [0.05, 0.1) is 10.0 Å². The van der Waals surface area contributed by atoms with Gasteiger partial charge in [-0.1, -0.05) is 0 Å². The quantitative estimate of drug-likeness (QED) is 0.552. The average Bonchev–Trinajstić information content (AvgIpc) is 1.85. The molecule has 0 aromatic carbocycles. The first-order chi connectivity index (χ1) is 3.70. The minimum atomic E-state index is 0.792. The maximum Gasteiger partial charge on any atom is 0.0907 e. The third kappa shape index (κ3) is 0.767. The normalized spacial score (nSPS) is 9.62. The van der Waals surface area contributed by atoms with E-state index in [1.807, 2.05) is 13.0 Å². The van der Waals surface area contributed by atoms with E-state index in [2.05, 4.69) is 0 Å². The Kier molecular flexibility index (Phi) is 1.13. The van der Waals surface area contributed by atoms with E-state index in [1.54, 1.807) is 0 Å². The van der Waals surface area contributed by atoms with E-state index < -0.39 is 0 Å². The molecule has 3 heteroatoms. The van der Waals surface area contributed by atoms with Crippen molar-refractivity contribution in [3.63, 3.8) is 0 Å². The van der Waals surface area contributed by atoms with Gasteiger partial charge in [-0.2, -0.15) is 0 Å². The summed E-state index contributed by atoms with van der Waals surface area (Å²) in [6.07, 6.45) is 0. The predicted octanol–water partition coefficient (Wildman–Crippen LogP) is 1.22. The molecule has 0 amide bonds. The monoisotopic (exact) mass is 128 g/mol. The summed E-state index contributed by atoms with van der Waals surface area (Å²) in [5.41, 5.74) is 12.0. The molecule has 0 aliphatic rings. The second kappa shape index (κ2) is 1.67. The van der Waals surface area contributed by atoms with Gasteiger partial charge in [0.25, 0.3) is 0 Å². The number of anilines is 2. The van der Waals surface area contributed by atoms with Gasteiger partial charge in [0, 0.05) is 0 Å². The van der Waals surface area contributed by atoms with Gasteiger partial charge >= 0.3 is 0 Å². The third-order valence-electron chi connectivity index (χ3n) is 0.975. The molecule has 1 heterocycles. The molecular weight excluding hydrogens is 120 g/mol. The largest absolute Gasteiger partial charge is 0.391 e. The van der Waals surface area contributed by atoms with Gasteiger partial charge in [0.2, 0.25) is 0 Å². The van der Waals surface area contributed by atoms with Crippen LogP contribution in [0.4, 0.5) is 10.0 Å². The van der Waals surface area contributed by atoms with Gasteiger partial charge in [-0.05, 0) is 18.6 Å². The standard InChI is InChI=1S/C5H8N2S/c1-3-2-4(6)8-5(3)7/h2H,6-7H2,1H3. The number of nitrogen functional groups attached to an aromatic ring is 2. The molecule has 0 atom stereocenters. The van der Waals surface area contributed by atoms with Crippen molar-refractivity contribution in [2.75, 3.05) is 11.5 Å². The molecule has 0 fully saturated rings.